The van der Waals surface area contributed by atoms with Gasteiger partial charge in [-0.25, -0.2) is 0 Å². The van der Waals surface area contributed by atoms with E-state index in [1.807, 2.05) is 23.9 Å². The Morgan fingerprint density at radius 1 is 1.37 bits per heavy atom. The van der Waals surface area contributed by atoms with Gasteiger partial charge in [0, 0.05) is 6.04 Å². The Morgan fingerprint density at radius 2 is 2.16 bits per heavy atom. The van der Waals surface area contributed by atoms with E-state index in [1.54, 1.807) is 0 Å². The molecule has 0 aliphatic heterocycles. The highest BCUT2D eigenvalue weighted by molar-refractivity contribution is 7.99. The van der Waals surface area contributed by atoms with E-state index in [0.29, 0.717) is 11.6 Å². The van der Waals surface area contributed by atoms with Crippen molar-refractivity contribution in [3.63, 3.8) is 0 Å². The Morgan fingerprint density at radius 3 is 2.84 bits per heavy atom. The number of rotatable bonds is 9. The second kappa shape index (κ2) is 9.51. The van der Waals surface area contributed by atoms with Crippen molar-refractivity contribution in [1.82, 2.24) is 0 Å². The van der Waals surface area contributed by atoms with Crippen LogP contribution in [0.25, 0.3) is 0 Å². The van der Waals surface area contributed by atoms with Crippen LogP contribution in [0.3, 0.4) is 0 Å². The van der Waals surface area contributed by atoms with Crippen LogP contribution in [0.15, 0.2) is 18.2 Å². The number of nitrogens with two attached hydrogens (primary N) is 1. The molecule has 1 aromatic carbocycles. The Hall–Kier alpha value is -0.380. The second-order valence-corrected chi connectivity index (χ2v) is 6.30. The molecule has 0 aliphatic carbocycles. The van der Waals surface area contributed by atoms with E-state index in [0.717, 1.165) is 42.1 Å². The summed E-state index contributed by atoms with van der Waals surface area (Å²) >= 11 is 8.16. The van der Waals surface area contributed by atoms with Gasteiger partial charge in [0.2, 0.25) is 0 Å². The summed E-state index contributed by atoms with van der Waals surface area (Å²) in [6, 6.07) is 6.05. The number of hydrogen-bond acceptors (Lipinski definition) is 3. The van der Waals surface area contributed by atoms with Crippen LogP contribution in [0.5, 0.6) is 5.75 Å². The lowest BCUT2D eigenvalue weighted by Crippen LogP contribution is -2.21. The van der Waals surface area contributed by atoms with E-state index < -0.39 is 0 Å². The molecule has 4 heteroatoms. The van der Waals surface area contributed by atoms with Gasteiger partial charge in [0.1, 0.15) is 5.75 Å². The Labute approximate surface area is 126 Å². The highest BCUT2D eigenvalue weighted by Crippen LogP contribution is 2.29. The van der Waals surface area contributed by atoms with E-state index >= 15 is 0 Å². The van der Waals surface area contributed by atoms with Gasteiger partial charge in [0.25, 0.3) is 0 Å². The number of thioether (sulfide) groups is 1. The number of benzene rings is 1. The largest absolute Gasteiger partial charge is 0.492 e. The Bertz CT molecular complexity index is 373. The third-order valence-electron chi connectivity index (χ3n) is 2.94. The third kappa shape index (κ3) is 6.07. The molecule has 1 aromatic rings. The van der Waals surface area contributed by atoms with Crippen molar-refractivity contribution in [2.75, 3.05) is 18.1 Å². The van der Waals surface area contributed by atoms with Crippen LogP contribution < -0.4 is 10.5 Å². The van der Waals surface area contributed by atoms with Crippen LogP contribution in [0.4, 0.5) is 0 Å². The fourth-order valence-electron chi connectivity index (χ4n) is 1.78. The number of para-hydroxylation sites is 1. The van der Waals surface area contributed by atoms with Gasteiger partial charge in [-0.3, -0.25) is 0 Å². The molecule has 1 atom stereocenters. The van der Waals surface area contributed by atoms with Gasteiger partial charge >= 0.3 is 0 Å². The summed E-state index contributed by atoms with van der Waals surface area (Å²) in [7, 11) is 0. The first-order valence-corrected chi connectivity index (χ1v) is 8.45. The highest BCUT2D eigenvalue weighted by atomic mass is 35.5. The maximum atomic E-state index is 6.23. The lowest BCUT2D eigenvalue weighted by molar-refractivity contribution is 0.315. The molecule has 0 saturated heterocycles. The molecular weight excluding hydrogens is 278 g/mol. The van der Waals surface area contributed by atoms with Crippen molar-refractivity contribution in [2.45, 2.75) is 39.2 Å². The van der Waals surface area contributed by atoms with Gasteiger partial charge < -0.3 is 10.5 Å². The molecule has 0 fully saturated rings. The molecule has 2 nitrogen and oxygen atoms in total. The minimum atomic E-state index is 0.163. The minimum Gasteiger partial charge on any atom is -0.492 e. The van der Waals surface area contributed by atoms with Crippen molar-refractivity contribution in [2.24, 2.45) is 5.73 Å². The monoisotopic (exact) mass is 301 g/mol. The Balaban J connectivity index is 2.59. The molecule has 0 heterocycles. The van der Waals surface area contributed by atoms with Crippen molar-refractivity contribution >= 4 is 23.4 Å². The SMILES string of the molecule is CCSCCCOc1c(Cl)cccc1CC(N)CC. The normalized spacial score (nSPS) is 12.4. The topological polar surface area (TPSA) is 35.2 Å². The van der Waals surface area contributed by atoms with E-state index in [1.165, 1.54) is 0 Å². The summed E-state index contributed by atoms with van der Waals surface area (Å²) < 4.78 is 5.86. The van der Waals surface area contributed by atoms with Crippen molar-refractivity contribution < 1.29 is 4.74 Å². The molecule has 0 radical (unpaired) electrons. The first kappa shape index (κ1) is 16.7. The molecule has 0 bridgehead atoms. The third-order valence-corrected chi connectivity index (χ3v) is 4.22. The molecule has 0 aliphatic rings. The second-order valence-electron chi connectivity index (χ2n) is 4.50. The van der Waals surface area contributed by atoms with Crippen molar-refractivity contribution in [1.29, 1.82) is 0 Å². The zero-order valence-corrected chi connectivity index (χ0v) is 13.4. The van der Waals surface area contributed by atoms with E-state index in [9.17, 15) is 0 Å². The summed E-state index contributed by atoms with van der Waals surface area (Å²) in [5.74, 6) is 3.10. The van der Waals surface area contributed by atoms with Crippen LogP contribution in [0.2, 0.25) is 5.02 Å². The zero-order valence-electron chi connectivity index (χ0n) is 11.8. The molecule has 0 saturated carbocycles. The van der Waals surface area contributed by atoms with Gasteiger partial charge in [-0.05, 0) is 42.4 Å². The van der Waals surface area contributed by atoms with Crippen molar-refractivity contribution in [3.8, 4) is 5.75 Å². The maximum Gasteiger partial charge on any atom is 0.141 e. The molecule has 0 aromatic heterocycles. The first-order valence-electron chi connectivity index (χ1n) is 6.92. The summed E-state index contributed by atoms with van der Waals surface area (Å²) in [5, 5.41) is 0.684. The predicted molar refractivity (Wildman–Crippen MR) is 86.5 cm³/mol. The summed E-state index contributed by atoms with van der Waals surface area (Å²) in [5.41, 5.74) is 7.13. The molecule has 2 N–H and O–H groups in total. The molecule has 0 spiro atoms. The smallest absolute Gasteiger partial charge is 0.141 e. The van der Waals surface area contributed by atoms with Crippen LogP contribution in [0.1, 0.15) is 32.3 Å². The molecule has 0 amide bonds. The average Bonchev–Trinajstić information content (AvgIpc) is 2.41. The number of halogens is 1. The molecule has 19 heavy (non-hydrogen) atoms. The summed E-state index contributed by atoms with van der Waals surface area (Å²) in [6.45, 7) is 4.98. The predicted octanol–water partition coefficient (Wildman–Crippen LogP) is 4.14. The van der Waals surface area contributed by atoms with Crippen LogP contribution in [0, 0.1) is 0 Å². The quantitative estimate of drug-likeness (QED) is 0.696. The zero-order chi connectivity index (χ0) is 14.1. The summed E-state index contributed by atoms with van der Waals surface area (Å²) in [6.07, 6.45) is 2.82. The van der Waals surface area contributed by atoms with E-state index in [4.69, 9.17) is 22.1 Å². The van der Waals surface area contributed by atoms with Gasteiger partial charge in [-0.2, -0.15) is 11.8 Å². The summed E-state index contributed by atoms with van der Waals surface area (Å²) in [4.78, 5) is 0. The highest BCUT2D eigenvalue weighted by Gasteiger charge is 2.11. The van der Waals surface area contributed by atoms with Gasteiger partial charge in [0.15, 0.2) is 0 Å². The average molecular weight is 302 g/mol. The molecule has 1 unspecified atom stereocenters. The fourth-order valence-corrected chi connectivity index (χ4v) is 2.64. The Kier molecular flexibility index (Phi) is 8.35. The fraction of sp³-hybridized carbons (Fsp3) is 0.600. The molecule has 1 rings (SSSR count). The van der Waals surface area contributed by atoms with Gasteiger partial charge in [-0.1, -0.05) is 37.6 Å². The van der Waals surface area contributed by atoms with Crippen LogP contribution >= 0.6 is 23.4 Å². The standard InChI is InChI=1S/C15H24ClNOS/c1-3-13(17)11-12-7-5-8-14(16)15(12)18-9-6-10-19-4-2/h5,7-8,13H,3-4,6,9-11,17H2,1-2H3. The minimum absolute atomic E-state index is 0.163. The van der Waals surface area contributed by atoms with Crippen LogP contribution in [-0.2, 0) is 6.42 Å². The lowest BCUT2D eigenvalue weighted by Gasteiger charge is -2.15. The van der Waals surface area contributed by atoms with E-state index in [-0.39, 0.29) is 6.04 Å². The molecular formula is C15H24ClNOS. The van der Waals surface area contributed by atoms with Crippen LogP contribution in [-0.4, -0.2) is 24.2 Å². The molecule has 108 valence electrons. The number of hydrogen-bond donors (Lipinski definition) is 1. The lowest BCUT2D eigenvalue weighted by atomic mass is 10.0. The first-order chi connectivity index (χ1) is 9.19. The van der Waals surface area contributed by atoms with Gasteiger partial charge in [0.05, 0.1) is 11.6 Å². The van der Waals surface area contributed by atoms with E-state index in [2.05, 4.69) is 19.9 Å². The maximum absolute atomic E-state index is 6.23. The van der Waals surface area contributed by atoms with Crippen molar-refractivity contribution in [3.05, 3.63) is 28.8 Å². The number of ether oxygens (including phenoxy) is 1. The van der Waals surface area contributed by atoms with Gasteiger partial charge in [-0.15, -0.1) is 0 Å².